The number of hydrogen-bond donors (Lipinski definition) is 1. The van der Waals surface area contributed by atoms with Gasteiger partial charge >= 0.3 is 5.97 Å². The Bertz CT molecular complexity index is 516. The minimum absolute atomic E-state index is 0.0934. The highest BCUT2D eigenvalue weighted by Gasteiger charge is 2.52. The first kappa shape index (κ1) is 12.6. The van der Waals surface area contributed by atoms with Crippen LogP contribution in [0.25, 0.3) is 0 Å². The quantitative estimate of drug-likeness (QED) is 0.529. The van der Waals surface area contributed by atoms with Crippen molar-refractivity contribution in [3.05, 3.63) is 23.3 Å². The van der Waals surface area contributed by atoms with E-state index in [2.05, 4.69) is 6.58 Å². The normalized spacial score (nSPS) is 42.1. The topological polar surface area (TPSA) is 63.6 Å². The Morgan fingerprint density at radius 3 is 2.74 bits per heavy atom. The lowest BCUT2D eigenvalue weighted by molar-refractivity contribution is -0.138. The van der Waals surface area contributed by atoms with Crippen LogP contribution in [0.1, 0.15) is 26.7 Å². The number of carbonyl (C=O) groups excluding carboxylic acids is 2. The zero-order chi connectivity index (χ0) is 13.9. The lowest BCUT2D eigenvalue weighted by atomic mass is 9.85. The molecule has 4 heteroatoms. The highest BCUT2D eigenvalue weighted by molar-refractivity contribution is 6.00. The summed E-state index contributed by atoms with van der Waals surface area (Å²) in [5.41, 5.74) is 1.97. The number of carbonyl (C=O) groups is 2. The maximum absolute atomic E-state index is 11.9. The highest BCUT2D eigenvalue weighted by Crippen LogP contribution is 2.49. The largest absolute Gasteiger partial charge is 0.454 e. The lowest BCUT2D eigenvalue weighted by Crippen LogP contribution is -2.29. The van der Waals surface area contributed by atoms with E-state index in [0.717, 1.165) is 5.57 Å². The molecular weight excluding hydrogens is 244 g/mol. The van der Waals surface area contributed by atoms with E-state index < -0.39 is 24.1 Å². The van der Waals surface area contributed by atoms with Crippen LogP contribution in [-0.2, 0) is 14.3 Å². The van der Waals surface area contributed by atoms with E-state index in [1.807, 2.05) is 6.92 Å². The van der Waals surface area contributed by atoms with E-state index in [9.17, 15) is 14.7 Å². The summed E-state index contributed by atoms with van der Waals surface area (Å²) in [6.07, 6.45) is -0.0650. The number of ether oxygens (including phenoxy) is 1. The van der Waals surface area contributed by atoms with E-state index in [0.29, 0.717) is 24.0 Å². The van der Waals surface area contributed by atoms with E-state index in [1.54, 1.807) is 6.92 Å². The van der Waals surface area contributed by atoms with Crippen molar-refractivity contribution in [1.29, 1.82) is 0 Å². The third kappa shape index (κ3) is 1.62. The molecule has 0 amide bonds. The number of allylic oxidation sites excluding steroid dienone is 1. The second kappa shape index (κ2) is 4.04. The van der Waals surface area contributed by atoms with Gasteiger partial charge in [0.05, 0.1) is 12.0 Å². The fourth-order valence-electron chi connectivity index (χ4n) is 3.80. The number of aliphatic hydroxyl groups is 1. The van der Waals surface area contributed by atoms with Crippen molar-refractivity contribution in [1.82, 2.24) is 0 Å². The predicted molar refractivity (Wildman–Crippen MR) is 68.1 cm³/mol. The molecule has 0 aromatic heterocycles. The molecule has 0 spiro atoms. The average molecular weight is 262 g/mol. The summed E-state index contributed by atoms with van der Waals surface area (Å²) >= 11 is 0. The maximum atomic E-state index is 11.9. The highest BCUT2D eigenvalue weighted by atomic mass is 16.6. The second-order valence-electron chi connectivity index (χ2n) is 5.97. The van der Waals surface area contributed by atoms with E-state index in [1.165, 1.54) is 0 Å². The minimum Gasteiger partial charge on any atom is -0.454 e. The molecular formula is C15H18O4. The first-order chi connectivity index (χ1) is 8.91. The van der Waals surface area contributed by atoms with Crippen LogP contribution in [0.5, 0.6) is 0 Å². The van der Waals surface area contributed by atoms with Gasteiger partial charge in [-0.3, -0.25) is 4.79 Å². The molecule has 2 aliphatic carbocycles. The Labute approximate surface area is 112 Å². The average Bonchev–Trinajstić information content (AvgIpc) is 2.75. The molecule has 1 heterocycles. The number of Topliss-reactive ketones (excluding diaryl/α,β-unsaturated/α-hetero) is 1. The van der Waals surface area contributed by atoms with Crippen molar-refractivity contribution < 1.29 is 19.4 Å². The molecule has 0 unspecified atom stereocenters. The maximum Gasteiger partial charge on any atom is 0.334 e. The minimum atomic E-state index is -0.625. The fraction of sp³-hybridized carbons (Fsp3) is 0.600. The molecule has 0 radical (unpaired) electrons. The summed E-state index contributed by atoms with van der Waals surface area (Å²) in [6, 6.07) is 0. The Hall–Kier alpha value is -1.42. The van der Waals surface area contributed by atoms with Gasteiger partial charge in [-0.05, 0) is 36.3 Å². The van der Waals surface area contributed by atoms with E-state index in [4.69, 9.17) is 4.74 Å². The number of aliphatic hydroxyl groups excluding tert-OH is 1. The molecule has 3 rings (SSSR count). The molecule has 0 bridgehead atoms. The van der Waals surface area contributed by atoms with Crippen LogP contribution in [0.3, 0.4) is 0 Å². The van der Waals surface area contributed by atoms with Crippen LogP contribution < -0.4 is 0 Å². The van der Waals surface area contributed by atoms with Gasteiger partial charge in [-0.2, -0.15) is 0 Å². The predicted octanol–water partition coefficient (Wildman–Crippen LogP) is 1.39. The summed E-state index contributed by atoms with van der Waals surface area (Å²) in [7, 11) is 0. The van der Waals surface area contributed by atoms with E-state index in [-0.39, 0.29) is 17.6 Å². The number of fused-ring (bicyclic) bond motifs is 3. The molecule has 0 aromatic rings. The van der Waals surface area contributed by atoms with Gasteiger partial charge in [0.2, 0.25) is 0 Å². The van der Waals surface area contributed by atoms with Gasteiger partial charge in [0.1, 0.15) is 6.10 Å². The van der Waals surface area contributed by atoms with Crippen molar-refractivity contribution in [2.45, 2.75) is 38.9 Å². The molecule has 3 aliphatic rings. The van der Waals surface area contributed by atoms with Gasteiger partial charge in [-0.25, -0.2) is 4.79 Å². The molecule has 1 N–H and O–H groups in total. The van der Waals surface area contributed by atoms with Crippen LogP contribution in [0.2, 0.25) is 0 Å². The first-order valence-electron chi connectivity index (χ1n) is 6.73. The van der Waals surface area contributed by atoms with Crippen molar-refractivity contribution >= 4 is 11.8 Å². The smallest absolute Gasteiger partial charge is 0.334 e. The standard InChI is InChI=1S/C15H18O4/c1-6-4-11(17)13-8(3)15(18)19-14(13)12-7(2)10(16)5-9(6)12/h6,9,11,13-14,17H,3-5H2,1-2H3/t6-,9+,11-,13-,14+/m1/s1. The Morgan fingerprint density at radius 2 is 2.05 bits per heavy atom. The van der Waals surface area contributed by atoms with Crippen LogP contribution in [0.4, 0.5) is 0 Å². The second-order valence-corrected chi connectivity index (χ2v) is 5.97. The van der Waals surface area contributed by atoms with Gasteiger partial charge in [0.15, 0.2) is 5.78 Å². The van der Waals surface area contributed by atoms with Crippen LogP contribution in [0.15, 0.2) is 23.3 Å². The fourth-order valence-corrected chi connectivity index (χ4v) is 3.80. The molecule has 0 aromatic carbocycles. The lowest BCUT2D eigenvalue weighted by Gasteiger charge is -2.22. The Balaban J connectivity index is 2.12. The summed E-state index contributed by atoms with van der Waals surface area (Å²) in [5, 5.41) is 10.3. The molecule has 1 aliphatic heterocycles. The molecule has 5 atom stereocenters. The molecule has 19 heavy (non-hydrogen) atoms. The number of ketones is 1. The van der Waals surface area contributed by atoms with Gasteiger partial charge < -0.3 is 9.84 Å². The number of esters is 1. The monoisotopic (exact) mass is 262 g/mol. The SMILES string of the molecule is C=C1C(=O)O[C@H]2C3=C(C)C(=O)C[C@H]3[C@H](C)C[C@@H](O)[C@@H]12. The van der Waals surface area contributed by atoms with Gasteiger partial charge in [0, 0.05) is 12.0 Å². The van der Waals surface area contributed by atoms with Crippen LogP contribution in [0, 0.1) is 17.8 Å². The first-order valence-corrected chi connectivity index (χ1v) is 6.73. The summed E-state index contributed by atoms with van der Waals surface area (Å²) < 4.78 is 5.40. The van der Waals surface area contributed by atoms with Crippen molar-refractivity contribution in [3.8, 4) is 0 Å². The van der Waals surface area contributed by atoms with Crippen molar-refractivity contribution in [3.63, 3.8) is 0 Å². The summed E-state index contributed by atoms with van der Waals surface area (Å²) in [5.74, 6) is -0.396. The molecule has 4 nitrogen and oxygen atoms in total. The Kier molecular flexibility index (Phi) is 2.68. The zero-order valence-electron chi connectivity index (χ0n) is 11.2. The number of rotatable bonds is 0. The van der Waals surface area contributed by atoms with Crippen molar-refractivity contribution in [2.75, 3.05) is 0 Å². The van der Waals surface area contributed by atoms with Crippen molar-refractivity contribution in [2.24, 2.45) is 17.8 Å². The zero-order valence-corrected chi connectivity index (χ0v) is 11.2. The van der Waals surface area contributed by atoms with Gasteiger partial charge in [0.25, 0.3) is 0 Å². The summed E-state index contributed by atoms with van der Waals surface area (Å²) in [6.45, 7) is 7.60. The van der Waals surface area contributed by atoms with Gasteiger partial charge in [-0.15, -0.1) is 0 Å². The Morgan fingerprint density at radius 1 is 1.37 bits per heavy atom. The van der Waals surface area contributed by atoms with Crippen LogP contribution >= 0.6 is 0 Å². The molecule has 1 saturated heterocycles. The summed E-state index contributed by atoms with van der Waals surface area (Å²) in [4.78, 5) is 23.7. The van der Waals surface area contributed by atoms with E-state index >= 15 is 0 Å². The molecule has 1 saturated carbocycles. The van der Waals surface area contributed by atoms with Gasteiger partial charge in [-0.1, -0.05) is 13.5 Å². The van der Waals surface area contributed by atoms with Crippen LogP contribution in [-0.4, -0.2) is 29.1 Å². The number of hydrogen-bond acceptors (Lipinski definition) is 4. The third-order valence-corrected chi connectivity index (χ3v) is 4.90. The molecule has 2 fully saturated rings. The molecule has 102 valence electrons. The third-order valence-electron chi connectivity index (χ3n) is 4.90.